The Morgan fingerprint density at radius 3 is 1.87 bits per heavy atom. The molecule has 3 aromatic carbocycles. The Kier molecular flexibility index (Phi) is 8.59. The molecule has 1 aliphatic rings. The smallest absolute Gasteiger partial charge is 0.176 e. The highest BCUT2D eigenvalue weighted by Gasteiger charge is 2.21. The molecule has 1 fully saturated rings. The van der Waals surface area contributed by atoms with Gasteiger partial charge in [0, 0.05) is 41.8 Å². The summed E-state index contributed by atoms with van der Waals surface area (Å²) in [4.78, 5) is 16.7. The van der Waals surface area contributed by atoms with Gasteiger partial charge in [0.1, 0.15) is 0 Å². The van der Waals surface area contributed by atoms with Gasteiger partial charge in [0.05, 0.1) is 17.3 Å². The molecule has 3 aromatic rings. The molecule has 0 amide bonds. The van der Waals surface area contributed by atoms with Crippen LogP contribution in [0.5, 0.6) is 0 Å². The van der Waals surface area contributed by atoms with E-state index >= 15 is 0 Å². The lowest BCUT2D eigenvalue weighted by atomic mass is 10.1. The number of carbonyl (C=O) groups is 1. The van der Waals surface area contributed by atoms with Crippen molar-refractivity contribution in [2.75, 3.05) is 37.6 Å². The van der Waals surface area contributed by atoms with Gasteiger partial charge in [0.2, 0.25) is 0 Å². The van der Waals surface area contributed by atoms with Gasteiger partial charge < -0.3 is 4.90 Å². The van der Waals surface area contributed by atoms with Crippen molar-refractivity contribution in [3.05, 3.63) is 99.5 Å². The lowest BCUT2D eigenvalue weighted by molar-refractivity contribution is 0.0926. The van der Waals surface area contributed by atoms with Crippen LogP contribution in [0, 0.1) is 0 Å². The Balaban J connectivity index is 0.000000310. The molecule has 0 bridgehead atoms. The van der Waals surface area contributed by atoms with Crippen LogP contribution in [0.25, 0.3) is 0 Å². The number of ketones is 1. The maximum Gasteiger partial charge on any atom is 0.176 e. The summed E-state index contributed by atoms with van der Waals surface area (Å²) in [6, 6.07) is 24.5. The number of hydrogen-bond acceptors (Lipinski definition) is 3. The first-order valence-electron chi connectivity index (χ1n) is 9.74. The monoisotopic (exact) mass is 460 g/mol. The first-order valence-corrected chi connectivity index (χ1v) is 10.9. The van der Waals surface area contributed by atoms with Crippen LogP contribution in [0.1, 0.15) is 10.4 Å². The number of halogens is 3. The van der Waals surface area contributed by atoms with E-state index in [4.69, 9.17) is 34.8 Å². The summed E-state index contributed by atoms with van der Waals surface area (Å²) in [5.74, 6) is 0.170. The molecular formula is C24H23Cl3N2O. The van der Waals surface area contributed by atoms with E-state index in [1.807, 2.05) is 72.8 Å². The lowest BCUT2D eigenvalue weighted by Crippen LogP contribution is -2.48. The van der Waals surface area contributed by atoms with Gasteiger partial charge in [0.15, 0.2) is 5.78 Å². The van der Waals surface area contributed by atoms with Gasteiger partial charge >= 0.3 is 0 Å². The lowest BCUT2D eigenvalue weighted by Gasteiger charge is -2.36. The van der Waals surface area contributed by atoms with Crippen molar-refractivity contribution in [1.29, 1.82) is 0 Å². The highest BCUT2D eigenvalue weighted by atomic mass is 35.5. The molecule has 0 unspecified atom stereocenters. The van der Waals surface area contributed by atoms with E-state index in [9.17, 15) is 4.79 Å². The molecule has 1 saturated heterocycles. The van der Waals surface area contributed by atoms with Crippen LogP contribution in [0.3, 0.4) is 0 Å². The van der Waals surface area contributed by atoms with Gasteiger partial charge in [-0.05, 0) is 30.3 Å². The number of hydrogen-bond donors (Lipinski definition) is 0. The van der Waals surface area contributed by atoms with Crippen molar-refractivity contribution in [1.82, 2.24) is 4.90 Å². The molecule has 0 aliphatic carbocycles. The number of benzene rings is 3. The molecule has 0 saturated carbocycles. The third-order valence-corrected chi connectivity index (χ3v) is 5.61. The summed E-state index contributed by atoms with van der Waals surface area (Å²) in [5.41, 5.74) is 1.78. The largest absolute Gasteiger partial charge is 0.368 e. The third-order valence-electron chi connectivity index (χ3n) is 4.82. The number of rotatable bonds is 4. The van der Waals surface area contributed by atoms with Crippen LogP contribution < -0.4 is 4.90 Å². The van der Waals surface area contributed by atoms with Crippen LogP contribution in [0.2, 0.25) is 15.1 Å². The number of piperazine rings is 1. The standard InChI is InChI=1S/C18H18Cl2N2O.C6H5Cl/c19-15-6-7-17(16(20)12-15)22-10-8-21(9-11-22)13-18(23)14-4-2-1-3-5-14;7-6-4-2-1-3-5-6/h1-7,12H,8-11,13H2;1-5H. The van der Waals surface area contributed by atoms with Crippen molar-refractivity contribution >= 4 is 46.3 Å². The van der Waals surface area contributed by atoms with Crippen LogP contribution in [0.4, 0.5) is 5.69 Å². The summed E-state index contributed by atoms with van der Waals surface area (Å²) in [6.07, 6.45) is 0. The second-order valence-corrected chi connectivity index (χ2v) is 8.22. The fourth-order valence-electron chi connectivity index (χ4n) is 3.22. The van der Waals surface area contributed by atoms with E-state index in [2.05, 4.69) is 9.80 Å². The van der Waals surface area contributed by atoms with E-state index in [0.29, 0.717) is 16.6 Å². The first-order chi connectivity index (χ1) is 14.5. The second-order valence-electron chi connectivity index (χ2n) is 6.94. The molecule has 4 rings (SSSR count). The fourth-order valence-corrected chi connectivity index (χ4v) is 3.89. The molecule has 156 valence electrons. The molecule has 0 radical (unpaired) electrons. The zero-order valence-electron chi connectivity index (χ0n) is 16.5. The van der Waals surface area contributed by atoms with Gasteiger partial charge in [-0.25, -0.2) is 0 Å². The summed E-state index contributed by atoms with van der Waals surface area (Å²) in [7, 11) is 0. The fraction of sp³-hybridized carbons (Fsp3) is 0.208. The van der Waals surface area contributed by atoms with Crippen molar-refractivity contribution in [2.24, 2.45) is 0 Å². The number of carbonyl (C=O) groups excluding carboxylic acids is 1. The SMILES string of the molecule is Clc1ccccc1.O=C(CN1CCN(c2ccc(Cl)cc2Cl)CC1)c1ccccc1. The predicted molar refractivity (Wildman–Crippen MR) is 127 cm³/mol. The van der Waals surface area contributed by atoms with Gasteiger partial charge in [-0.2, -0.15) is 0 Å². The van der Waals surface area contributed by atoms with Gasteiger partial charge in [0.25, 0.3) is 0 Å². The first kappa shape index (κ1) is 22.6. The minimum Gasteiger partial charge on any atom is -0.368 e. The summed E-state index contributed by atoms with van der Waals surface area (Å²) < 4.78 is 0. The van der Waals surface area contributed by atoms with Crippen molar-refractivity contribution in [3.63, 3.8) is 0 Å². The van der Waals surface area contributed by atoms with E-state index in [0.717, 1.165) is 42.5 Å². The minimum absolute atomic E-state index is 0.170. The molecule has 0 spiro atoms. The Morgan fingerprint density at radius 1 is 0.733 bits per heavy atom. The van der Waals surface area contributed by atoms with Crippen molar-refractivity contribution < 1.29 is 4.79 Å². The summed E-state index contributed by atoms with van der Waals surface area (Å²) in [6.45, 7) is 3.86. The molecule has 0 atom stereocenters. The molecule has 30 heavy (non-hydrogen) atoms. The van der Waals surface area contributed by atoms with Crippen LogP contribution in [-0.2, 0) is 0 Å². The molecular weight excluding hydrogens is 439 g/mol. The highest BCUT2D eigenvalue weighted by Crippen LogP contribution is 2.29. The van der Waals surface area contributed by atoms with Crippen LogP contribution >= 0.6 is 34.8 Å². The topological polar surface area (TPSA) is 23.6 Å². The molecule has 0 N–H and O–H groups in total. The Labute approximate surface area is 192 Å². The normalized spacial score (nSPS) is 14.0. The Bertz CT molecular complexity index is 943. The van der Waals surface area contributed by atoms with Crippen LogP contribution in [0.15, 0.2) is 78.9 Å². The molecule has 0 aromatic heterocycles. The van der Waals surface area contributed by atoms with Crippen LogP contribution in [-0.4, -0.2) is 43.4 Å². The summed E-state index contributed by atoms with van der Waals surface area (Å²) in [5, 5.41) is 2.11. The van der Waals surface area contributed by atoms with Crippen molar-refractivity contribution in [3.8, 4) is 0 Å². The van der Waals surface area contributed by atoms with Gasteiger partial charge in [-0.1, -0.05) is 83.3 Å². The van der Waals surface area contributed by atoms with E-state index < -0.39 is 0 Å². The maximum absolute atomic E-state index is 12.3. The second kappa shape index (κ2) is 11.4. The Hall–Kier alpha value is -2.04. The van der Waals surface area contributed by atoms with E-state index in [1.165, 1.54) is 0 Å². The Morgan fingerprint density at radius 2 is 1.33 bits per heavy atom. The molecule has 1 aliphatic heterocycles. The maximum atomic E-state index is 12.3. The third kappa shape index (κ3) is 6.75. The summed E-state index contributed by atoms with van der Waals surface area (Å²) >= 11 is 17.8. The zero-order chi connectivity index (χ0) is 21.3. The predicted octanol–water partition coefficient (Wildman–Crippen LogP) is 6.34. The van der Waals surface area contributed by atoms with Gasteiger partial charge in [-0.15, -0.1) is 0 Å². The van der Waals surface area contributed by atoms with E-state index in [1.54, 1.807) is 6.07 Å². The van der Waals surface area contributed by atoms with E-state index in [-0.39, 0.29) is 5.78 Å². The highest BCUT2D eigenvalue weighted by molar-refractivity contribution is 6.36. The minimum atomic E-state index is 0.170. The molecule has 3 nitrogen and oxygen atoms in total. The zero-order valence-corrected chi connectivity index (χ0v) is 18.7. The average Bonchev–Trinajstić information content (AvgIpc) is 2.76. The number of anilines is 1. The molecule has 1 heterocycles. The van der Waals surface area contributed by atoms with Gasteiger partial charge in [-0.3, -0.25) is 9.69 Å². The van der Waals surface area contributed by atoms with Crippen molar-refractivity contribution in [2.45, 2.75) is 0 Å². The average molecular weight is 462 g/mol. The molecule has 6 heteroatoms. The quantitative estimate of drug-likeness (QED) is 0.424. The number of nitrogens with zero attached hydrogens (tertiary/aromatic N) is 2. The number of Topliss-reactive ketones (excluding diaryl/α,β-unsaturated/α-hetero) is 1.